The van der Waals surface area contributed by atoms with Crippen molar-refractivity contribution in [2.75, 3.05) is 13.1 Å². The monoisotopic (exact) mass is 430 g/mol. The third kappa shape index (κ3) is 4.62. The van der Waals surface area contributed by atoms with Gasteiger partial charge in [0.05, 0.1) is 18.7 Å². The van der Waals surface area contributed by atoms with Crippen molar-refractivity contribution in [3.8, 4) is 17.0 Å². The number of likely N-dealkylation sites (tertiary alicyclic amines) is 1. The maximum absolute atomic E-state index is 11.1. The van der Waals surface area contributed by atoms with Crippen molar-refractivity contribution in [1.29, 1.82) is 0 Å². The van der Waals surface area contributed by atoms with E-state index in [1.54, 1.807) is 6.20 Å². The van der Waals surface area contributed by atoms with Crippen LogP contribution in [0.5, 0.6) is 5.88 Å². The Morgan fingerprint density at radius 2 is 1.91 bits per heavy atom. The molecule has 0 bridgehead atoms. The fourth-order valence-corrected chi connectivity index (χ4v) is 4.42. The van der Waals surface area contributed by atoms with E-state index in [4.69, 9.17) is 9.84 Å². The second kappa shape index (κ2) is 9.04. The van der Waals surface area contributed by atoms with Gasteiger partial charge in [0.25, 0.3) is 5.88 Å². The minimum atomic E-state index is -0.739. The number of benzene rings is 2. The average Bonchev–Trinajstić information content (AvgIpc) is 3.56. The van der Waals surface area contributed by atoms with Gasteiger partial charge in [-0.25, -0.2) is 4.98 Å². The Bertz CT molecular complexity index is 1080. The van der Waals surface area contributed by atoms with Gasteiger partial charge in [0.1, 0.15) is 6.61 Å². The molecule has 0 spiro atoms. The van der Waals surface area contributed by atoms with Crippen LogP contribution >= 0.6 is 0 Å². The average molecular weight is 431 g/mol. The Kier molecular flexibility index (Phi) is 5.81. The van der Waals surface area contributed by atoms with E-state index in [0.717, 1.165) is 6.54 Å². The van der Waals surface area contributed by atoms with Crippen LogP contribution in [0.25, 0.3) is 11.1 Å². The SMILES string of the molecule is O=C(O)C1CCN(Cc2ncc(OCc3cccc(-c4ccccc4)c3C3CC3)nn2)C1. The van der Waals surface area contributed by atoms with E-state index in [1.807, 2.05) is 11.0 Å². The molecule has 1 aliphatic carbocycles. The van der Waals surface area contributed by atoms with Crippen LogP contribution in [0.3, 0.4) is 0 Å². The van der Waals surface area contributed by atoms with Gasteiger partial charge in [-0.05, 0) is 54.0 Å². The first kappa shape index (κ1) is 20.6. The van der Waals surface area contributed by atoms with Crippen molar-refractivity contribution in [2.24, 2.45) is 5.92 Å². The number of carbonyl (C=O) groups is 1. The van der Waals surface area contributed by atoms with E-state index < -0.39 is 5.97 Å². The van der Waals surface area contributed by atoms with Crippen LogP contribution in [0, 0.1) is 5.92 Å². The molecule has 2 fully saturated rings. The lowest BCUT2D eigenvalue weighted by atomic mass is 9.92. The lowest BCUT2D eigenvalue weighted by molar-refractivity contribution is -0.141. The topological polar surface area (TPSA) is 88.4 Å². The number of carboxylic acids is 1. The van der Waals surface area contributed by atoms with Crippen LogP contribution in [0.15, 0.2) is 54.7 Å². The highest BCUT2D eigenvalue weighted by Crippen LogP contribution is 2.46. The molecule has 0 radical (unpaired) electrons. The maximum Gasteiger partial charge on any atom is 0.307 e. The van der Waals surface area contributed by atoms with Crippen LogP contribution < -0.4 is 4.74 Å². The van der Waals surface area contributed by atoms with Crippen LogP contribution in [0.1, 0.15) is 42.1 Å². The molecular formula is C25H26N4O3. The zero-order valence-corrected chi connectivity index (χ0v) is 17.9. The number of carboxylic acid groups (broad SMARTS) is 1. The first-order valence-electron chi connectivity index (χ1n) is 11.1. The van der Waals surface area contributed by atoms with Crippen molar-refractivity contribution >= 4 is 5.97 Å². The van der Waals surface area contributed by atoms with Crippen molar-refractivity contribution in [3.05, 3.63) is 71.7 Å². The molecule has 1 saturated heterocycles. The molecule has 1 unspecified atom stereocenters. The molecule has 1 N–H and O–H groups in total. The molecule has 1 aromatic heterocycles. The fraction of sp³-hybridized carbons (Fsp3) is 0.360. The van der Waals surface area contributed by atoms with Crippen LogP contribution in [-0.4, -0.2) is 44.2 Å². The van der Waals surface area contributed by atoms with Gasteiger partial charge in [0.2, 0.25) is 0 Å². The van der Waals surface area contributed by atoms with Gasteiger partial charge in [-0.15, -0.1) is 10.2 Å². The van der Waals surface area contributed by atoms with E-state index in [1.165, 1.54) is 35.1 Å². The van der Waals surface area contributed by atoms with E-state index in [-0.39, 0.29) is 5.92 Å². The Hall–Kier alpha value is -3.32. The quantitative estimate of drug-likeness (QED) is 0.580. The Balaban J connectivity index is 1.25. The van der Waals surface area contributed by atoms with Crippen molar-refractivity contribution in [2.45, 2.75) is 38.3 Å². The number of aliphatic carboxylic acids is 1. The molecule has 2 aliphatic rings. The molecule has 1 atom stereocenters. The van der Waals surface area contributed by atoms with Gasteiger partial charge >= 0.3 is 5.97 Å². The highest BCUT2D eigenvalue weighted by atomic mass is 16.5. The molecule has 164 valence electrons. The van der Waals surface area contributed by atoms with E-state index in [9.17, 15) is 4.79 Å². The van der Waals surface area contributed by atoms with Gasteiger partial charge in [-0.2, -0.15) is 0 Å². The fourth-order valence-electron chi connectivity index (χ4n) is 4.42. The standard InChI is InChI=1S/C25H26N4O3/c30-25(31)19-11-12-29(14-19)15-22-26-13-23(28-27-22)32-16-20-7-4-8-21(24(20)18-9-10-18)17-5-2-1-3-6-17/h1-8,13,18-19H,9-12,14-16H2,(H,30,31). The van der Waals surface area contributed by atoms with Gasteiger partial charge in [-0.3, -0.25) is 9.69 Å². The lowest BCUT2D eigenvalue weighted by Crippen LogP contribution is -2.24. The highest BCUT2D eigenvalue weighted by molar-refractivity contribution is 5.71. The smallest absolute Gasteiger partial charge is 0.307 e. The molecule has 1 aliphatic heterocycles. The van der Waals surface area contributed by atoms with Crippen molar-refractivity contribution in [1.82, 2.24) is 20.1 Å². The molecule has 1 saturated carbocycles. The van der Waals surface area contributed by atoms with Gasteiger partial charge in [-0.1, -0.05) is 48.5 Å². The van der Waals surface area contributed by atoms with Gasteiger partial charge < -0.3 is 9.84 Å². The molecule has 3 aromatic rings. The molecule has 7 nitrogen and oxygen atoms in total. The van der Waals surface area contributed by atoms with E-state index >= 15 is 0 Å². The molecular weight excluding hydrogens is 404 g/mol. The van der Waals surface area contributed by atoms with Crippen LogP contribution in [0.2, 0.25) is 0 Å². The summed E-state index contributed by atoms with van der Waals surface area (Å²) in [5.41, 5.74) is 5.06. The second-order valence-electron chi connectivity index (χ2n) is 8.58. The summed E-state index contributed by atoms with van der Waals surface area (Å²) in [7, 11) is 0. The van der Waals surface area contributed by atoms with E-state index in [0.29, 0.717) is 43.7 Å². The summed E-state index contributed by atoms with van der Waals surface area (Å²) in [6.07, 6.45) is 4.69. The maximum atomic E-state index is 11.1. The lowest BCUT2D eigenvalue weighted by Gasteiger charge is -2.15. The first-order valence-corrected chi connectivity index (χ1v) is 11.1. The summed E-state index contributed by atoms with van der Waals surface area (Å²) in [5.74, 6) is 0.514. The second-order valence-corrected chi connectivity index (χ2v) is 8.58. The molecule has 0 amide bonds. The number of ether oxygens (including phenoxy) is 1. The van der Waals surface area contributed by atoms with Gasteiger partial charge in [0.15, 0.2) is 5.82 Å². The molecule has 7 heteroatoms. The summed E-state index contributed by atoms with van der Waals surface area (Å²) in [6, 6.07) is 16.9. The van der Waals surface area contributed by atoms with Crippen molar-refractivity contribution < 1.29 is 14.6 Å². The highest BCUT2D eigenvalue weighted by Gasteiger charge is 2.29. The molecule has 2 aromatic carbocycles. The van der Waals surface area contributed by atoms with Gasteiger partial charge in [0, 0.05) is 6.54 Å². The predicted molar refractivity (Wildman–Crippen MR) is 119 cm³/mol. The zero-order valence-electron chi connectivity index (χ0n) is 17.9. The number of aromatic nitrogens is 3. The number of rotatable bonds is 8. The summed E-state index contributed by atoms with van der Waals surface area (Å²) in [4.78, 5) is 17.5. The van der Waals surface area contributed by atoms with Crippen LogP contribution in [0.4, 0.5) is 0 Å². The minimum absolute atomic E-state index is 0.308. The predicted octanol–water partition coefficient (Wildman–Crippen LogP) is 3.90. The Morgan fingerprint density at radius 3 is 2.59 bits per heavy atom. The summed E-state index contributed by atoms with van der Waals surface area (Å²) in [6.45, 7) is 2.19. The Labute approximate surface area is 187 Å². The van der Waals surface area contributed by atoms with Crippen molar-refractivity contribution in [3.63, 3.8) is 0 Å². The number of nitrogens with zero attached hydrogens (tertiary/aromatic N) is 4. The number of hydrogen-bond acceptors (Lipinski definition) is 6. The minimum Gasteiger partial charge on any atom is -0.481 e. The Morgan fingerprint density at radius 1 is 1.06 bits per heavy atom. The summed E-state index contributed by atoms with van der Waals surface area (Å²) < 4.78 is 5.95. The molecule has 5 rings (SSSR count). The van der Waals surface area contributed by atoms with Crippen LogP contribution in [-0.2, 0) is 17.9 Å². The first-order chi connectivity index (χ1) is 15.7. The third-order valence-electron chi connectivity index (χ3n) is 6.22. The molecule has 2 heterocycles. The zero-order chi connectivity index (χ0) is 21.9. The normalized spacial score (nSPS) is 18.6. The molecule has 32 heavy (non-hydrogen) atoms. The summed E-state index contributed by atoms with van der Waals surface area (Å²) >= 11 is 0. The largest absolute Gasteiger partial charge is 0.481 e. The van der Waals surface area contributed by atoms with E-state index in [2.05, 4.69) is 57.6 Å². The third-order valence-corrected chi connectivity index (χ3v) is 6.22. The summed E-state index contributed by atoms with van der Waals surface area (Å²) in [5, 5.41) is 17.5. The number of hydrogen-bond donors (Lipinski definition) is 1.